The molecule has 7 nitrogen and oxygen atoms in total. The molecule has 1 atom stereocenters. The number of rotatable bonds is 6. The summed E-state index contributed by atoms with van der Waals surface area (Å²) in [7, 11) is 0. The quantitative estimate of drug-likeness (QED) is 0.295. The van der Waals surface area contributed by atoms with Crippen molar-refractivity contribution in [1.82, 2.24) is 9.97 Å². The maximum Gasteiger partial charge on any atom is 0.337 e. The lowest BCUT2D eigenvalue weighted by atomic mass is 9.81. The van der Waals surface area contributed by atoms with Gasteiger partial charge >= 0.3 is 5.97 Å². The number of fused-ring (bicyclic) bond motifs is 1. The molecule has 0 radical (unpaired) electrons. The molecule has 0 fully saturated rings. The third-order valence-electron chi connectivity index (χ3n) is 5.09. The minimum absolute atomic E-state index is 0.0922. The fraction of sp³-hybridized carbons (Fsp3) is 0.208. The van der Waals surface area contributed by atoms with Gasteiger partial charge in [0.05, 0.1) is 29.4 Å². The van der Waals surface area contributed by atoms with Crippen LogP contribution in [0.15, 0.2) is 70.1 Å². The van der Waals surface area contributed by atoms with Gasteiger partial charge in [-0.1, -0.05) is 61.2 Å². The van der Waals surface area contributed by atoms with Crippen LogP contribution >= 0.6 is 11.8 Å². The highest BCUT2D eigenvalue weighted by Crippen LogP contribution is 2.43. The number of ether oxygens (including phenoxy) is 1. The normalized spacial score (nSPS) is 15.1. The van der Waals surface area contributed by atoms with Crippen molar-refractivity contribution in [2.45, 2.75) is 24.9 Å². The standard InChI is InChI=1S/C24H23N3O4S/c1-3-31-23(30)18-17(14-10-12-16(28)13-11-14)19-21(26-24(32-4-2)27-22(19)29)25-20(18)15-8-6-5-7-9-15/h5-13,17,28H,3-4H2,1-2H3,(H2,25,26,27,29). The maximum absolute atomic E-state index is 13.2. The number of aromatic hydroxyl groups is 1. The summed E-state index contributed by atoms with van der Waals surface area (Å²) < 4.78 is 5.40. The number of nitrogens with one attached hydrogen (secondary N) is 2. The van der Waals surface area contributed by atoms with Crippen LogP contribution in [0.1, 0.15) is 36.5 Å². The molecule has 3 N–H and O–H groups in total. The predicted octanol–water partition coefficient (Wildman–Crippen LogP) is 4.12. The summed E-state index contributed by atoms with van der Waals surface area (Å²) in [5.41, 5.74) is 2.31. The largest absolute Gasteiger partial charge is 0.508 e. The third-order valence-corrected chi connectivity index (χ3v) is 5.84. The van der Waals surface area contributed by atoms with Crippen LogP contribution in [-0.2, 0) is 9.53 Å². The van der Waals surface area contributed by atoms with Crippen LogP contribution in [0.25, 0.3) is 5.70 Å². The van der Waals surface area contributed by atoms with E-state index in [1.165, 1.54) is 23.9 Å². The Kier molecular flexibility index (Phi) is 6.32. The van der Waals surface area contributed by atoms with E-state index < -0.39 is 11.9 Å². The van der Waals surface area contributed by atoms with Crippen LogP contribution in [0.2, 0.25) is 0 Å². The fourth-order valence-electron chi connectivity index (χ4n) is 3.77. The van der Waals surface area contributed by atoms with Gasteiger partial charge in [0.1, 0.15) is 11.6 Å². The topological polar surface area (TPSA) is 104 Å². The second-order valence-electron chi connectivity index (χ2n) is 7.09. The molecule has 0 bridgehead atoms. The molecule has 2 heterocycles. The van der Waals surface area contributed by atoms with E-state index in [0.29, 0.717) is 33.4 Å². The highest BCUT2D eigenvalue weighted by molar-refractivity contribution is 7.99. The van der Waals surface area contributed by atoms with Gasteiger partial charge in [0.15, 0.2) is 5.16 Å². The summed E-state index contributed by atoms with van der Waals surface area (Å²) in [6.45, 7) is 3.91. The lowest BCUT2D eigenvalue weighted by Gasteiger charge is -2.30. The number of anilines is 1. The van der Waals surface area contributed by atoms with E-state index in [-0.39, 0.29) is 17.9 Å². The minimum Gasteiger partial charge on any atom is -0.508 e. The Morgan fingerprint density at radius 1 is 1.12 bits per heavy atom. The third kappa shape index (κ3) is 4.13. The van der Waals surface area contributed by atoms with E-state index in [2.05, 4.69) is 15.3 Å². The van der Waals surface area contributed by atoms with E-state index >= 15 is 0 Å². The van der Waals surface area contributed by atoms with E-state index in [1.54, 1.807) is 19.1 Å². The van der Waals surface area contributed by atoms with Gasteiger partial charge in [-0.05, 0) is 35.9 Å². The van der Waals surface area contributed by atoms with Gasteiger partial charge in [0.2, 0.25) is 0 Å². The van der Waals surface area contributed by atoms with E-state index in [9.17, 15) is 14.7 Å². The molecule has 2 aromatic carbocycles. The molecular formula is C24H23N3O4S. The molecule has 32 heavy (non-hydrogen) atoms. The van der Waals surface area contributed by atoms with Crippen molar-refractivity contribution in [1.29, 1.82) is 0 Å². The number of phenolic OH excluding ortho intramolecular Hbond substituents is 1. The van der Waals surface area contributed by atoms with Crippen LogP contribution in [-0.4, -0.2) is 33.4 Å². The molecule has 4 rings (SSSR count). The van der Waals surface area contributed by atoms with Crippen molar-refractivity contribution in [3.05, 3.63) is 87.2 Å². The number of nitrogens with zero attached hydrogens (tertiary/aromatic N) is 1. The molecule has 1 aliphatic rings. The second kappa shape index (κ2) is 9.32. The fourth-order valence-corrected chi connectivity index (χ4v) is 4.36. The van der Waals surface area contributed by atoms with Crippen molar-refractivity contribution in [3.8, 4) is 5.75 Å². The monoisotopic (exact) mass is 449 g/mol. The first-order chi connectivity index (χ1) is 15.5. The van der Waals surface area contributed by atoms with Crippen molar-refractivity contribution in [2.75, 3.05) is 17.7 Å². The van der Waals surface area contributed by atoms with E-state index in [0.717, 1.165) is 11.3 Å². The summed E-state index contributed by atoms with van der Waals surface area (Å²) in [4.78, 5) is 33.9. The van der Waals surface area contributed by atoms with Crippen molar-refractivity contribution in [3.63, 3.8) is 0 Å². The Balaban J connectivity index is 2.02. The molecule has 0 saturated heterocycles. The smallest absolute Gasteiger partial charge is 0.337 e. The Bertz CT molecular complexity index is 1220. The zero-order chi connectivity index (χ0) is 22.7. The molecule has 1 aromatic heterocycles. The van der Waals surface area contributed by atoms with Crippen molar-refractivity contribution >= 4 is 29.2 Å². The van der Waals surface area contributed by atoms with Gasteiger partial charge in [-0.25, -0.2) is 9.78 Å². The summed E-state index contributed by atoms with van der Waals surface area (Å²) in [6, 6.07) is 15.9. The predicted molar refractivity (Wildman–Crippen MR) is 125 cm³/mol. The molecule has 0 saturated carbocycles. The highest BCUT2D eigenvalue weighted by atomic mass is 32.2. The number of hydrogen-bond donors (Lipinski definition) is 3. The SMILES string of the molecule is CCOC(=O)C1=C(c2ccccc2)Nc2nc(SCC)[nH]c(=O)c2C1c1ccc(O)cc1. The molecule has 0 spiro atoms. The highest BCUT2D eigenvalue weighted by Gasteiger charge is 2.38. The molecule has 1 aliphatic heterocycles. The lowest BCUT2D eigenvalue weighted by molar-refractivity contribution is -0.138. The van der Waals surface area contributed by atoms with Crippen LogP contribution < -0.4 is 10.9 Å². The molecule has 0 aliphatic carbocycles. The number of aromatic nitrogens is 2. The first-order valence-electron chi connectivity index (χ1n) is 10.3. The number of carbonyl (C=O) groups excluding carboxylic acids is 1. The number of benzene rings is 2. The lowest BCUT2D eigenvalue weighted by Crippen LogP contribution is -2.31. The average molecular weight is 450 g/mol. The van der Waals surface area contributed by atoms with Gasteiger partial charge in [0.25, 0.3) is 5.56 Å². The van der Waals surface area contributed by atoms with Gasteiger partial charge < -0.3 is 20.1 Å². The Labute approximate surface area is 189 Å². The minimum atomic E-state index is -0.724. The summed E-state index contributed by atoms with van der Waals surface area (Å²) in [5.74, 6) is -0.00486. The molecular weight excluding hydrogens is 426 g/mol. The molecule has 0 amide bonds. The summed E-state index contributed by atoms with van der Waals surface area (Å²) >= 11 is 1.43. The average Bonchev–Trinajstić information content (AvgIpc) is 2.79. The Morgan fingerprint density at radius 3 is 2.50 bits per heavy atom. The number of phenols is 1. The van der Waals surface area contributed by atoms with Gasteiger partial charge in [-0.2, -0.15) is 0 Å². The molecule has 8 heteroatoms. The first kappa shape index (κ1) is 21.7. The zero-order valence-corrected chi connectivity index (χ0v) is 18.5. The van der Waals surface area contributed by atoms with Crippen molar-refractivity contribution in [2.24, 2.45) is 0 Å². The van der Waals surface area contributed by atoms with Crippen LogP contribution in [0.4, 0.5) is 5.82 Å². The Hall–Kier alpha value is -3.52. The van der Waals surface area contributed by atoms with Gasteiger partial charge in [0, 0.05) is 0 Å². The Morgan fingerprint density at radius 2 is 1.84 bits per heavy atom. The van der Waals surface area contributed by atoms with E-state index in [4.69, 9.17) is 4.74 Å². The number of aromatic amines is 1. The zero-order valence-electron chi connectivity index (χ0n) is 17.7. The van der Waals surface area contributed by atoms with Crippen LogP contribution in [0.3, 0.4) is 0 Å². The first-order valence-corrected chi connectivity index (χ1v) is 11.3. The number of carbonyl (C=O) groups is 1. The van der Waals surface area contributed by atoms with Crippen molar-refractivity contribution < 1.29 is 14.6 Å². The van der Waals surface area contributed by atoms with Crippen LogP contribution in [0.5, 0.6) is 5.75 Å². The van der Waals surface area contributed by atoms with Gasteiger partial charge in [-0.3, -0.25) is 4.79 Å². The summed E-state index contributed by atoms with van der Waals surface area (Å²) in [6.07, 6.45) is 0. The number of thioether (sulfide) groups is 1. The summed E-state index contributed by atoms with van der Waals surface area (Å²) in [5, 5.41) is 13.5. The van der Waals surface area contributed by atoms with Crippen LogP contribution in [0, 0.1) is 0 Å². The number of H-pyrrole nitrogens is 1. The van der Waals surface area contributed by atoms with E-state index in [1.807, 2.05) is 37.3 Å². The molecule has 1 unspecified atom stereocenters. The molecule has 3 aromatic rings. The number of hydrogen-bond acceptors (Lipinski definition) is 7. The van der Waals surface area contributed by atoms with Gasteiger partial charge in [-0.15, -0.1) is 0 Å². The number of esters is 1. The second-order valence-corrected chi connectivity index (χ2v) is 8.34. The maximum atomic E-state index is 13.2. The molecule has 164 valence electrons.